The van der Waals surface area contributed by atoms with E-state index in [0.29, 0.717) is 21.1 Å². The summed E-state index contributed by atoms with van der Waals surface area (Å²) in [6.07, 6.45) is -1.30. The summed E-state index contributed by atoms with van der Waals surface area (Å²) in [6.45, 7) is -0.327. The average molecular weight is 371 g/mol. The van der Waals surface area contributed by atoms with E-state index in [0.717, 1.165) is 0 Å². The van der Waals surface area contributed by atoms with Crippen molar-refractivity contribution >= 4 is 39.0 Å². The third kappa shape index (κ3) is 3.73. The number of carbonyl (C=O) groups is 2. The van der Waals surface area contributed by atoms with Gasteiger partial charge in [-0.1, -0.05) is 15.9 Å². The van der Waals surface area contributed by atoms with Crippen molar-refractivity contribution < 1.29 is 14.7 Å². The highest BCUT2D eigenvalue weighted by atomic mass is 79.9. The number of halogens is 1. The third-order valence-electron chi connectivity index (χ3n) is 2.75. The summed E-state index contributed by atoms with van der Waals surface area (Å²) >= 11 is 3.27. The molecule has 10 heteroatoms. The Bertz CT molecular complexity index is 857. The maximum Gasteiger partial charge on any atom is 0.405 e. The average Bonchev–Trinajstić information content (AvgIpc) is 2.44. The first-order valence-electron chi connectivity index (χ1n) is 6.05. The van der Waals surface area contributed by atoms with E-state index in [1.807, 2.05) is 5.32 Å². The van der Waals surface area contributed by atoms with Crippen LogP contribution in [-0.4, -0.2) is 33.6 Å². The van der Waals surface area contributed by atoms with Gasteiger partial charge in [0.1, 0.15) is 0 Å². The van der Waals surface area contributed by atoms with Crippen LogP contribution in [0.4, 0.5) is 4.79 Å². The van der Waals surface area contributed by atoms with E-state index >= 15 is 0 Å². The SMILES string of the molecule is O=C(O)NCC(=O)NCc1cc(Br)cc2[nH]c(=O)c(=O)[nH]c12. The normalized spacial score (nSPS) is 10.4. The molecule has 0 bridgehead atoms. The molecule has 0 aliphatic heterocycles. The van der Waals surface area contributed by atoms with Crippen LogP contribution in [0, 0.1) is 0 Å². The fourth-order valence-electron chi connectivity index (χ4n) is 1.81. The fourth-order valence-corrected chi connectivity index (χ4v) is 2.32. The number of hydrogen-bond donors (Lipinski definition) is 5. The Morgan fingerprint density at radius 3 is 2.50 bits per heavy atom. The van der Waals surface area contributed by atoms with Crippen LogP contribution in [0.25, 0.3) is 11.0 Å². The Hall–Kier alpha value is -2.62. The molecule has 2 rings (SSSR count). The van der Waals surface area contributed by atoms with Gasteiger partial charge in [0.15, 0.2) is 0 Å². The molecule has 0 saturated carbocycles. The zero-order chi connectivity index (χ0) is 16.3. The van der Waals surface area contributed by atoms with E-state index in [2.05, 4.69) is 31.2 Å². The predicted molar refractivity (Wildman–Crippen MR) is 80.8 cm³/mol. The lowest BCUT2D eigenvalue weighted by molar-refractivity contribution is -0.120. The summed E-state index contributed by atoms with van der Waals surface area (Å²) in [5.41, 5.74) is -0.214. The van der Waals surface area contributed by atoms with Crippen molar-refractivity contribution in [1.82, 2.24) is 20.6 Å². The first kappa shape index (κ1) is 15.8. The molecule has 5 N–H and O–H groups in total. The number of aromatic amines is 2. The molecule has 0 atom stereocenters. The van der Waals surface area contributed by atoms with Crippen LogP contribution in [0.2, 0.25) is 0 Å². The molecular weight excluding hydrogens is 360 g/mol. The van der Waals surface area contributed by atoms with Crippen molar-refractivity contribution in [2.45, 2.75) is 6.54 Å². The van der Waals surface area contributed by atoms with Crippen LogP contribution in [0.5, 0.6) is 0 Å². The van der Waals surface area contributed by atoms with E-state index in [4.69, 9.17) is 5.11 Å². The molecule has 0 saturated heterocycles. The minimum Gasteiger partial charge on any atom is -0.465 e. The van der Waals surface area contributed by atoms with E-state index in [9.17, 15) is 19.2 Å². The maximum absolute atomic E-state index is 11.5. The largest absolute Gasteiger partial charge is 0.465 e. The lowest BCUT2D eigenvalue weighted by atomic mass is 10.1. The smallest absolute Gasteiger partial charge is 0.405 e. The van der Waals surface area contributed by atoms with Gasteiger partial charge in [-0.2, -0.15) is 0 Å². The Morgan fingerprint density at radius 2 is 1.82 bits per heavy atom. The monoisotopic (exact) mass is 370 g/mol. The van der Waals surface area contributed by atoms with Crippen LogP contribution in [0.3, 0.4) is 0 Å². The molecule has 0 aliphatic rings. The summed E-state index contributed by atoms with van der Waals surface area (Å²) in [6, 6.07) is 3.28. The topological polar surface area (TPSA) is 144 Å². The molecule has 116 valence electrons. The van der Waals surface area contributed by atoms with Crippen molar-refractivity contribution in [3.8, 4) is 0 Å². The molecule has 0 aliphatic carbocycles. The second kappa shape index (κ2) is 6.43. The Morgan fingerprint density at radius 1 is 1.14 bits per heavy atom. The van der Waals surface area contributed by atoms with Crippen LogP contribution in [0.1, 0.15) is 5.56 Å². The minimum absolute atomic E-state index is 0.0536. The molecule has 1 aromatic carbocycles. The van der Waals surface area contributed by atoms with Crippen molar-refractivity contribution in [2.24, 2.45) is 0 Å². The van der Waals surface area contributed by atoms with E-state index in [1.165, 1.54) is 0 Å². The zero-order valence-corrected chi connectivity index (χ0v) is 12.6. The van der Waals surface area contributed by atoms with Crippen LogP contribution in [-0.2, 0) is 11.3 Å². The van der Waals surface area contributed by atoms with E-state index < -0.39 is 23.1 Å². The number of carboxylic acid groups (broad SMARTS) is 1. The molecule has 0 radical (unpaired) electrons. The molecule has 2 amide bonds. The molecule has 9 nitrogen and oxygen atoms in total. The second-order valence-corrected chi connectivity index (χ2v) is 5.25. The number of nitrogens with one attached hydrogen (secondary N) is 4. The van der Waals surface area contributed by atoms with Gasteiger partial charge < -0.3 is 25.7 Å². The fraction of sp³-hybridized carbons (Fsp3) is 0.167. The molecule has 22 heavy (non-hydrogen) atoms. The van der Waals surface area contributed by atoms with Gasteiger partial charge in [-0.25, -0.2) is 4.79 Å². The second-order valence-electron chi connectivity index (χ2n) is 4.33. The van der Waals surface area contributed by atoms with Crippen molar-refractivity contribution in [1.29, 1.82) is 0 Å². The number of amides is 2. The van der Waals surface area contributed by atoms with Gasteiger partial charge in [0.05, 0.1) is 17.6 Å². The van der Waals surface area contributed by atoms with Gasteiger partial charge in [0.2, 0.25) is 5.91 Å². The number of aromatic nitrogens is 2. The van der Waals surface area contributed by atoms with Crippen molar-refractivity contribution in [3.63, 3.8) is 0 Å². The van der Waals surface area contributed by atoms with Gasteiger partial charge in [-0.3, -0.25) is 14.4 Å². The lowest BCUT2D eigenvalue weighted by Crippen LogP contribution is -2.36. The Balaban J connectivity index is 2.25. The predicted octanol–water partition coefficient (Wildman–Crippen LogP) is -0.137. The van der Waals surface area contributed by atoms with Crippen LogP contribution < -0.4 is 21.8 Å². The number of H-pyrrole nitrogens is 2. The molecule has 0 unspecified atom stereocenters. The van der Waals surface area contributed by atoms with Crippen LogP contribution >= 0.6 is 15.9 Å². The Labute approximate surface area is 130 Å². The standard InChI is InChI=1S/C12H11BrN4O5/c13-6-1-5(3-14-8(18)4-15-12(21)22)9-7(2-6)16-10(19)11(20)17-9/h1-2,15H,3-4H2,(H,14,18)(H,16,19)(H,17,20)(H,21,22). The highest BCUT2D eigenvalue weighted by Gasteiger charge is 2.09. The third-order valence-corrected chi connectivity index (χ3v) is 3.21. The van der Waals surface area contributed by atoms with Gasteiger partial charge >= 0.3 is 17.2 Å². The van der Waals surface area contributed by atoms with Crippen molar-refractivity contribution in [3.05, 3.63) is 42.9 Å². The Kier molecular flexibility index (Phi) is 4.61. The highest BCUT2D eigenvalue weighted by molar-refractivity contribution is 9.10. The number of fused-ring (bicyclic) bond motifs is 1. The zero-order valence-electron chi connectivity index (χ0n) is 11.0. The molecule has 1 aromatic heterocycles. The maximum atomic E-state index is 11.5. The molecule has 0 fully saturated rings. The minimum atomic E-state index is -1.30. The van der Waals surface area contributed by atoms with Gasteiger partial charge in [-0.15, -0.1) is 0 Å². The van der Waals surface area contributed by atoms with Crippen molar-refractivity contribution in [2.75, 3.05) is 6.54 Å². The number of rotatable bonds is 4. The number of benzene rings is 1. The first-order chi connectivity index (χ1) is 10.4. The summed E-state index contributed by atoms with van der Waals surface area (Å²) in [5.74, 6) is -0.526. The first-order valence-corrected chi connectivity index (χ1v) is 6.84. The van der Waals surface area contributed by atoms with Gasteiger partial charge in [0.25, 0.3) is 0 Å². The summed E-state index contributed by atoms with van der Waals surface area (Å²) < 4.78 is 0.649. The molecule has 2 aromatic rings. The lowest BCUT2D eigenvalue weighted by Gasteiger charge is -2.09. The van der Waals surface area contributed by atoms with E-state index in [-0.39, 0.29) is 13.1 Å². The highest BCUT2D eigenvalue weighted by Crippen LogP contribution is 2.19. The van der Waals surface area contributed by atoms with E-state index in [1.54, 1.807) is 12.1 Å². The molecule has 1 heterocycles. The quantitative estimate of drug-likeness (QED) is 0.475. The summed E-state index contributed by atoms with van der Waals surface area (Å²) in [5, 5.41) is 12.9. The number of carbonyl (C=O) groups excluding carboxylic acids is 1. The van der Waals surface area contributed by atoms with Gasteiger partial charge in [0, 0.05) is 11.0 Å². The number of hydrogen-bond acceptors (Lipinski definition) is 4. The molecule has 0 spiro atoms. The summed E-state index contributed by atoms with van der Waals surface area (Å²) in [7, 11) is 0. The summed E-state index contributed by atoms with van der Waals surface area (Å²) in [4.78, 5) is 49.4. The molecular formula is C12H11BrN4O5. The van der Waals surface area contributed by atoms with Gasteiger partial charge in [-0.05, 0) is 17.7 Å². The van der Waals surface area contributed by atoms with Crippen LogP contribution in [0.15, 0.2) is 26.2 Å².